The molecule has 6 heteroatoms. The lowest BCUT2D eigenvalue weighted by atomic mass is 10.2. The van der Waals surface area contributed by atoms with Gasteiger partial charge < -0.3 is 19.1 Å². The Morgan fingerprint density at radius 1 is 1.32 bits per heavy atom. The van der Waals surface area contributed by atoms with Crippen LogP contribution in [-0.2, 0) is 16.0 Å². The Morgan fingerprint density at radius 3 is 2.76 bits per heavy atom. The van der Waals surface area contributed by atoms with Gasteiger partial charge in [-0.2, -0.15) is 0 Å². The highest BCUT2D eigenvalue weighted by atomic mass is 127. The van der Waals surface area contributed by atoms with Gasteiger partial charge in [-0.3, -0.25) is 0 Å². The monoisotopic (exact) mass is 523 g/mol. The van der Waals surface area contributed by atoms with Gasteiger partial charge in [-0.25, -0.2) is 0 Å². The van der Waals surface area contributed by atoms with Crippen molar-refractivity contribution >= 4 is 49.4 Å². The summed E-state index contributed by atoms with van der Waals surface area (Å²) in [6.07, 6.45) is 4.10. The molecule has 0 bridgehead atoms. The average Bonchev–Trinajstić information content (AvgIpc) is 2.94. The number of unbranched alkanes of at least 4 members (excludes halogenated alkanes) is 1. The SMILES string of the molecule is CCCCOCC(I)[C@H](Cn1ccc2c(Br)cccc21)OC(C)(C)O. The third-order valence-electron chi connectivity index (χ3n) is 3.90. The third kappa shape index (κ3) is 6.50. The van der Waals surface area contributed by atoms with Crippen LogP contribution in [-0.4, -0.2) is 38.7 Å². The van der Waals surface area contributed by atoms with Gasteiger partial charge in [-0.05, 0) is 38.5 Å². The summed E-state index contributed by atoms with van der Waals surface area (Å²) in [4.78, 5) is 0. The number of fused-ring (bicyclic) bond motifs is 1. The molecule has 0 amide bonds. The Morgan fingerprint density at radius 2 is 2.08 bits per heavy atom. The number of hydrogen-bond acceptors (Lipinski definition) is 3. The molecule has 0 radical (unpaired) electrons. The van der Waals surface area contributed by atoms with E-state index >= 15 is 0 Å². The molecule has 0 aliphatic rings. The summed E-state index contributed by atoms with van der Waals surface area (Å²) in [5, 5.41) is 11.3. The number of hydrogen-bond donors (Lipinski definition) is 1. The van der Waals surface area contributed by atoms with Gasteiger partial charge in [0.1, 0.15) is 0 Å². The highest BCUT2D eigenvalue weighted by Gasteiger charge is 2.27. The first kappa shape index (κ1) is 21.2. The van der Waals surface area contributed by atoms with Crippen LogP contribution in [0.4, 0.5) is 0 Å². The van der Waals surface area contributed by atoms with Crippen LogP contribution >= 0.6 is 38.5 Å². The number of nitrogens with zero attached hydrogens (tertiary/aromatic N) is 1. The van der Waals surface area contributed by atoms with Gasteiger partial charge in [-0.1, -0.05) is 57.9 Å². The molecule has 1 unspecified atom stereocenters. The van der Waals surface area contributed by atoms with Crippen LogP contribution in [0.1, 0.15) is 33.6 Å². The zero-order chi connectivity index (χ0) is 18.4. The molecule has 2 atom stereocenters. The van der Waals surface area contributed by atoms with Crippen LogP contribution in [0.15, 0.2) is 34.9 Å². The van der Waals surface area contributed by atoms with Gasteiger partial charge in [0, 0.05) is 28.2 Å². The fourth-order valence-electron chi connectivity index (χ4n) is 2.68. The molecule has 2 rings (SSSR count). The van der Waals surface area contributed by atoms with E-state index in [4.69, 9.17) is 9.47 Å². The second-order valence-corrected chi connectivity index (χ2v) is 9.14. The summed E-state index contributed by atoms with van der Waals surface area (Å²) >= 11 is 5.96. The number of ether oxygens (including phenoxy) is 2. The van der Waals surface area contributed by atoms with Crippen LogP contribution < -0.4 is 0 Å². The Labute approximate surface area is 172 Å². The fraction of sp³-hybridized carbons (Fsp3) is 0.579. The molecule has 0 fully saturated rings. The minimum atomic E-state index is -1.18. The Balaban J connectivity index is 2.13. The molecule has 0 saturated heterocycles. The van der Waals surface area contributed by atoms with Gasteiger partial charge in [0.05, 0.1) is 23.2 Å². The van der Waals surface area contributed by atoms with Crippen LogP contribution in [0, 0.1) is 0 Å². The maximum atomic E-state index is 10.1. The van der Waals surface area contributed by atoms with Crippen LogP contribution in [0.3, 0.4) is 0 Å². The summed E-state index contributed by atoms with van der Waals surface area (Å²) in [5.41, 5.74) is 1.15. The summed E-state index contributed by atoms with van der Waals surface area (Å²) in [5.74, 6) is -1.18. The van der Waals surface area contributed by atoms with Crippen LogP contribution in [0.5, 0.6) is 0 Å². The van der Waals surface area contributed by atoms with E-state index in [1.807, 2.05) is 12.1 Å². The molecule has 0 aliphatic heterocycles. The molecule has 140 valence electrons. The topological polar surface area (TPSA) is 43.6 Å². The first-order valence-electron chi connectivity index (χ1n) is 8.67. The molecule has 0 spiro atoms. The number of alkyl halides is 1. The first-order chi connectivity index (χ1) is 11.8. The summed E-state index contributed by atoms with van der Waals surface area (Å²) < 4.78 is 15.1. The van der Waals surface area contributed by atoms with Gasteiger partial charge in [0.15, 0.2) is 5.79 Å². The van der Waals surface area contributed by atoms with Gasteiger partial charge in [0.2, 0.25) is 0 Å². The standard InChI is InChI=1S/C19H27BrINO3/c1-4-5-11-24-13-16(21)18(25-19(2,3)23)12-22-10-9-14-15(20)7-6-8-17(14)22/h6-10,16,18,23H,4-5,11-13H2,1-3H3/t16?,18-/m0/s1. The molecule has 1 heterocycles. The van der Waals surface area contributed by atoms with Crippen molar-refractivity contribution in [2.75, 3.05) is 13.2 Å². The minimum absolute atomic E-state index is 0.144. The van der Waals surface area contributed by atoms with Crippen molar-refractivity contribution < 1.29 is 14.6 Å². The maximum absolute atomic E-state index is 10.1. The molecule has 1 aromatic heterocycles. The summed E-state index contributed by atoms with van der Waals surface area (Å²) in [6.45, 7) is 7.54. The molecular formula is C19H27BrINO3. The van der Waals surface area contributed by atoms with Crippen molar-refractivity contribution in [3.63, 3.8) is 0 Å². The van der Waals surface area contributed by atoms with Crippen LogP contribution in [0.25, 0.3) is 10.9 Å². The zero-order valence-corrected chi connectivity index (χ0v) is 18.8. The Kier molecular flexibility index (Phi) is 8.20. The number of rotatable bonds is 10. The average molecular weight is 524 g/mol. The molecule has 0 saturated carbocycles. The summed E-state index contributed by atoms with van der Waals surface area (Å²) in [6, 6.07) is 8.27. The maximum Gasteiger partial charge on any atom is 0.160 e. The van der Waals surface area contributed by atoms with Crippen molar-refractivity contribution in [1.29, 1.82) is 0 Å². The smallest absolute Gasteiger partial charge is 0.160 e. The molecule has 25 heavy (non-hydrogen) atoms. The Hall–Kier alpha value is -0.150. The van der Waals surface area contributed by atoms with Crippen molar-refractivity contribution in [1.82, 2.24) is 4.57 Å². The van der Waals surface area contributed by atoms with Gasteiger partial charge >= 0.3 is 0 Å². The molecular weight excluding hydrogens is 497 g/mol. The van der Waals surface area contributed by atoms with Crippen LogP contribution in [0.2, 0.25) is 0 Å². The lowest BCUT2D eigenvalue weighted by Crippen LogP contribution is -2.39. The predicted octanol–water partition coefficient (Wildman–Crippen LogP) is 5.14. The lowest BCUT2D eigenvalue weighted by Gasteiger charge is -2.30. The second kappa shape index (κ2) is 9.69. The lowest BCUT2D eigenvalue weighted by molar-refractivity contribution is -0.208. The van der Waals surface area contributed by atoms with Crippen molar-refractivity contribution in [2.24, 2.45) is 0 Å². The molecule has 1 N–H and O–H groups in total. The van der Waals surface area contributed by atoms with E-state index in [1.54, 1.807) is 13.8 Å². The molecule has 2 aromatic rings. The highest BCUT2D eigenvalue weighted by molar-refractivity contribution is 14.1. The quantitative estimate of drug-likeness (QED) is 0.203. The third-order valence-corrected chi connectivity index (χ3v) is 5.75. The van der Waals surface area contributed by atoms with E-state index < -0.39 is 5.79 Å². The zero-order valence-electron chi connectivity index (χ0n) is 15.0. The second-order valence-electron chi connectivity index (χ2n) is 6.69. The van der Waals surface area contributed by atoms with Gasteiger partial charge in [-0.15, -0.1) is 0 Å². The van der Waals surface area contributed by atoms with Gasteiger partial charge in [0.25, 0.3) is 0 Å². The summed E-state index contributed by atoms with van der Waals surface area (Å²) in [7, 11) is 0. The Bertz CT molecular complexity index is 668. The van der Waals surface area contributed by atoms with Crippen molar-refractivity contribution in [3.8, 4) is 0 Å². The van der Waals surface area contributed by atoms with Crippen molar-refractivity contribution in [2.45, 2.75) is 56.0 Å². The number of aliphatic hydroxyl groups is 1. The van der Waals surface area contributed by atoms with E-state index in [1.165, 1.54) is 5.39 Å². The fourth-order valence-corrected chi connectivity index (χ4v) is 3.80. The predicted molar refractivity (Wildman–Crippen MR) is 114 cm³/mol. The first-order valence-corrected chi connectivity index (χ1v) is 10.7. The number of aromatic nitrogens is 1. The van der Waals surface area contributed by atoms with E-state index in [0.29, 0.717) is 13.2 Å². The van der Waals surface area contributed by atoms with Crippen molar-refractivity contribution in [3.05, 3.63) is 34.9 Å². The minimum Gasteiger partial charge on any atom is -0.380 e. The van der Waals surface area contributed by atoms with E-state index in [2.05, 4.69) is 68.3 Å². The number of halogens is 2. The van der Waals surface area contributed by atoms with E-state index in [9.17, 15) is 5.11 Å². The van der Waals surface area contributed by atoms with E-state index in [-0.39, 0.29) is 10.0 Å². The number of benzene rings is 1. The molecule has 1 aromatic carbocycles. The highest BCUT2D eigenvalue weighted by Crippen LogP contribution is 2.27. The van der Waals surface area contributed by atoms with E-state index in [0.717, 1.165) is 29.4 Å². The molecule has 4 nitrogen and oxygen atoms in total. The largest absolute Gasteiger partial charge is 0.380 e. The normalized spacial score (nSPS) is 14.8. The molecule has 0 aliphatic carbocycles.